The van der Waals surface area contributed by atoms with Crippen LogP contribution in [0.1, 0.15) is 56.6 Å². The van der Waals surface area contributed by atoms with Crippen molar-refractivity contribution < 1.29 is 9.53 Å². The Hall–Kier alpha value is -3.08. The summed E-state index contributed by atoms with van der Waals surface area (Å²) >= 11 is 0. The number of carbonyl (C=O) groups is 1. The first kappa shape index (κ1) is 21.6. The highest BCUT2D eigenvalue weighted by Gasteiger charge is 2.19. The minimum Gasteiger partial charge on any atom is -0.491 e. The number of carbonyl (C=O) groups excluding carboxylic acids is 1. The molecule has 1 aromatic heterocycles. The van der Waals surface area contributed by atoms with Crippen molar-refractivity contribution in [2.75, 3.05) is 6.61 Å². The summed E-state index contributed by atoms with van der Waals surface area (Å²) in [7, 11) is 0. The van der Waals surface area contributed by atoms with Crippen molar-refractivity contribution in [1.82, 2.24) is 14.9 Å². The van der Waals surface area contributed by atoms with Crippen LogP contribution in [0, 0.1) is 6.92 Å². The third-order valence-electron chi connectivity index (χ3n) is 5.17. The maximum Gasteiger partial charge on any atom is 0.246 e. The van der Waals surface area contributed by atoms with Gasteiger partial charge >= 0.3 is 0 Å². The number of benzene rings is 2. The van der Waals surface area contributed by atoms with Crippen molar-refractivity contribution in [2.24, 2.45) is 0 Å². The number of hydrogen-bond donors (Lipinski definition) is 1. The Morgan fingerprint density at radius 3 is 2.63 bits per heavy atom. The van der Waals surface area contributed by atoms with E-state index in [4.69, 9.17) is 9.72 Å². The summed E-state index contributed by atoms with van der Waals surface area (Å²) in [4.78, 5) is 16.9. The van der Waals surface area contributed by atoms with E-state index < -0.39 is 0 Å². The van der Waals surface area contributed by atoms with Crippen LogP contribution in [0.5, 0.6) is 5.75 Å². The number of hydrogen-bond acceptors (Lipinski definition) is 3. The lowest BCUT2D eigenvalue weighted by atomic mass is 10.0. The maximum absolute atomic E-state index is 12.1. The van der Waals surface area contributed by atoms with E-state index in [0.717, 1.165) is 22.6 Å². The predicted molar refractivity (Wildman–Crippen MR) is 122 cm³/mol. The highest BCUT2D eigenvalue weighted by Crippen LogP contribution is 2.28. The average Bonchev–Trinajstić information content (AvgIpc) is 3.06. The molecule has 5 nitrogen and oxygen atoms in total. The minimum atomic E-state index is -0.244. The number of imidazole rings is 1. The molecule has 0 saturated heterocycles. The molecular weight excluding hydrogens is 374 g/mol. The molecule has 0 spiro atoms. The molecule has 0 radical (unpaired) electrons. The van der Waals surface area contributed by atoms with E-state index in [0.29, 0.717) is 24.6 Å². The second-order valence-electron chi connectivity index (χ2n) is 8.13. The number of aromatic nitrogens is 2. The summed E-state index contributed by atoms with van der Waals surface area (Å²) in [5.41, 5.74) is 4.80. The van der Waals surface area contributed by atoms with Crippen molar-refractivity contribution >= 4 is 16.9 Å². The smallest absolute Gasteiger partial charge is 0.246 e. The zero-order chi connectivity index (χ0) is 21.8. The van der Waals surface area contributed by atoms with E-state index in [1.807, 2.05) is 31.2 Å². The molecule has 2 aromatic carbocycles. The van der Waals surface area contributed by atoms with Gasteiger partial charge in [0.1, 0.15) is 18.2 Å². The second-order valence-corrected chi connectivity index (χ2v) is 8.13. The molecule has 1 amide bonds. The number of fused-ring (bicyclic) bond motifs is 1. The lowest BCUT2D eigenvalue weighted by molar-refractivity contribution is -0.118. The Morgan fingerprint density at radius 2 is 1.93 bits per heavy atom. The number of rotatable bonds is 8. The summed E-state index contributed by atoms with van der Waals surface area (Å²) in [6.45, 7) is 14.9. The fourth-order valence-corrected chi connectivity index (χ4v) is 3.53. The van der Waals surface area contributed by atoms with Gasteiger partial charge < -0.3 is 14.6 Å². The Balaban J connectivity index is 1.84. The van der Waals surface area contributed by atoms with Crippen molar-refractivity contribution in [3.63, 3.8) is 0 Å². The number of aryl methyl sites for hydroxylation is 1. The Bertz CT molecular complexity index is 1070. The van der Waals surface area contributed by atoms with Gasteiger partial charge in [0.25, 0.3) is 0 Å². The lowest BCUT2D eigenvalue weighted by Gasteiger charge is -2.18. The molecule has 1 N–H and O–H groups in total. The van der Waals surface area contributed by atoms with Gasteiger partial charge in [-0.25, -0.2) is 4.98 Å². The minimum absolute atomic E-state index is 0.168. The molecule has 5 heteroatoms. The van der Waals surface area contributed by atoms with E-state index >= 15 is 0 Å². The van der Waals surface area contributed by atoms with Crippen LogP contribution < -0.4 is 10.1 Å². The van der Waals surface area contributed by atoms with Gasteiger partial charge in [-0.15, -0.1) is 0 Å². The maximum atomic E-state index is 12.1. The molecule has 30 heavy (non-hydrogen) atoms. The first-order valence-electron chi connectivity index (χ1n) is 10.4. The van der Waals surface area contributed by atoms with E-state index in [1.165, 1.54) is 11.1 Å². The fraction of sp³-hybridized carbons (Fsp3) is 0.360. The van der Waals surface area contributed by atoms with Gasteiger partial charge in [-0.1, -0.05) is 44.7 Å². The average molecular weight is 406 g/mol. The predicted octanol–water partition coefficient (Wildman–Crippen LogP) is 5.30. The van der Waals surface area contributed by atoms with Crippen LogP contribution in [-0.2, 0) is 11.3 Å². The summed E-state index contributed by atoms with van der Waals surface area (Å²) in [5, 5.41) is 2.97. The fourth-order valence-electron chi connectivity index (χ4n) is 3.53. The van der Waals surface area contributed by atoms with Crippen molar-refractivity contribution in [2.45, 2.75) is 53.1 Å². The van der Waals surface area contributed by atoms with E-state index in [1.54, 1.807) is 6.92 Å². The van der Waals surface area contributed by atoms with Crippen LogP contribution in [-0.4, -0.2) is 22.1 Å². The van der Waals surface area contributed by atoms with Crippen LogP contribution in [0.15, 0.2) is 54.6 Å². The standard InChI is InChI=1S/C25H31N3O2/c1-16(2)20-12-11-18(5)15-23(20)30-14-13-28-22-10-8-7-9-21(22)27-24(28)19(6)26-25(29)17(3)4/h7-12,15-16,19H,3,13-14H2,1-2,4-6H3,(H,26,29). The van der Waals surface area contributed by atoms with Gasteiger partial charge in [-0.3, -0.25) is 4.79 Å². The van der Waals surface area contributed by atoms with E-state index in [-0.39, 0.29) is 11.9 Å². The van der Waals surface area contributed by atoms with E-state index in [9.17, 15) is 4.79 Å². The third kappa shape index (κ3) is 4.73. The van der Waals surface area contributed by atoms with Crippen LogP contribution in [0.3, 0.4) is 0 Å². The largest absolute Gasteiger partial charge is 0.491 e. The number of ether oxygens (including phenoxy) is 1. The van der Waals surface area contributed by atoms with Gasteiger partial charge in [0.2, 0.25) is 5.91 Å². The summed E-state index contributed by atoms with van der Waals surface area (Å²) in [5.74, 6) is 1.96. The Labute approximate surface area is 178 Å². The van der Waals surface area contributed by atoms with Crippen molar-refractivity contribution in [3.05, 3.63) is 71.6 Å². The molecule has 1 unspecified atom stereocenters. The Morgan fingerprint density at radius 1 is 1.20 bits per heavy atom. The summed E-state index contributed by atoms with van der Waals surface area (Å²) in [6.07, 6.45) is 0. The summed E-state index contributed by atoms with van der Waals surface area (Å²) < 4.78 is 8.33. The molecule has 3 aromatic rings. The van der Waals surface area contributed by atoms with Crippen LogP contribution >= 0.6 is 0 Å². The zero-order valence-electron chi connectivity index (χ0n) is 18.5. The molecule has 0 fully saturated rings. The SMILES string of the molecule is C=C(C)C(=O)NC(C)c1nc2ccccc2n1CCOc1cc(C)ccc1C(C)C. The van der Waals surface area contributed by atoms with Crippen LogP contribution in [0.25, 0.3) is 11.0 Å². The first-order chi connectivity index (χ1) is 14.3. The molecule has 0 aliphatic carbocycles. The molecule has 0 bridgehead atoms. The van der Waals surface area contributed by atoms with Gasteiger partial charge in [-0.05, 0) is 56.0 Å². The van der Waals surface area contributed by atoms with Gasteiger partial charge in [0.05, 0.1) is 23.6 Å². The van der Waals surface area contributed by atoms with Crippen LogP contribution in [0.4, 0.5) is 0 Å². The zero-order valence-corrected chi connectivity index (χ0v) is 18.5. The van der Waals surface area contributed by atoms with Gasteiger partial charge in [0, 0.05) is 5.57 Å². The molecular formula is C25H31N3O2. The molecule has 3 rings (SSSR count). The first-order valence-corrected chi connectivity index (χ1v) is 10.4. The highest BCUT2D eigenvalue weighted by atomic mass is 16.5. The Kier molecular flexibility index (Phi) is 6.60. The number of amides is 1. The number of nitrogens with one attached hydrogen (secondary N) is 1. The molecule has 158 valence electrons. The molecule has 1 atom stereocenters. The molecule has 0 aliphatic rings. The van der Waals surface area contributed by atoms with Crippen molar-refractivity contribution in [1.29, 1.82) is 0 Å². The van der Waals surface area contributed by atoms with Gasteiger partial charge in [-0.2, -0.15) is 0 Å². The lowest BCUT2D eigenvalue weighted by Crippen LogP contribution is -2.29. The summed E-state index contributed by atoms with van der Waals surface area (Å²) in [6, 6.07) is 14.1. The van der Waals surface area contributed by atoms with E-state index in [2.05, 4.69) is 55.4 Å². The number of nitrogens with zero attached hydrogens (tertiary/aromatic N) is 2. The normalized spacial score (nSPS) is 12.2. The molecule has 0 aliphatic heterocycles. The monoisotopic (exact) mass is 405 g/mol. The second kappa shape index (κ2) is 9.16. The van der Waals surface area contributed by atoms with Gasteiger partial charge in [0.15, 0.2) is 0 Å². The number of para-hydroxylation sites is 2. The highest BCUT2D eigenvalue weighted by molar-refractivity contribution is 5.92. The van der Waals surface area contributed by atoms with Crippen molar-refractivity contribution in [3.8, 4) is 5.75 Å². The topological polar surface area (TPSA) is 56.2 Å². The quantitative estimate of drug-likeness (QED) is 0.517. The third-order valence-corrected chi connectivity index (χ3v) is 5.17. The molecule has 1 heterocycles. The molecule has 0 saturated carbocycles. The van der Waals surface area contributed by atoms with Crippen LogP contribution in [0.2, 0.25) is 0 Å².